The van der Waals surface area contributed by atoms with Crippen molar-refractivity contribution in [1.82, 2.24) is 0 Å². The van der Waals surface area contributed by atoms with Crippen LogP contribution in [0.2, 0.25) is 0 Å². The highest BCUT2D eigenvalue weighted by atomic mass is 16.5. The Hall–Kier alpha value is -2.33. The molecule has 0 aliphatic rings. The molecule has 2 aromatic rings. The Balaban J connectivity index is 1.61. The van der Waals surface area contributed by atoms with Crippen molar-refractivity contribution in [3.05, 3.63) is 65.7 Å². The second-order valence-corrected chi connectivity index (χ2v) is 10.9. The van der Waals surface area contributed by atoms with Gasteiger partial charge in [0.05, 0.1) is 27.3 Å². The normalized spacial score (nSPS) is 12.3. The smallest absolute Gasteiger partial charge is 0.364 e. The zero-order valence-corrected chi connectivity index (χ0v) is 24.1. The summed E-state index contributed by atoms with van der Waals surface area (Å²) in [6, 6.07) is 18.7. The number of esters is 1. The third-order valence-electron chi connectivity index (χ3n) is 7.20. The van der Waals surface area contributed by atoms with E-state index < -0.39 is 0 Å². The molecule has 0 aromatic heterocycles. The summed E-state index contributed by atoms with van der Waals surface area (Å²) >= 11 is 0. The van der Waals surface area contributed by atoms with Crippen molar-refractivity contribution in [2.45, 2.75) is 103 Å². The molecule has 0 bridgehead atoms. The zero-order valence-electron chi connectivity index (χ0n) is 24.1. The van der Waals surface area contributed by atoms with Crippen LogP contribution in [0, 0.1) is 0 Å². The third-order valence-corrected chi connectivity index (χ3v) is 7.20. The number of carbonyl (C=O) groups is 1. The highest BCUT2D eigenvalue weighted by Crippen LogP contribution is 2.19. The van der Waals surface area contributed by atoms with Crippen molar-refractivity contribution < 1.29 is 18.8 Å². The Morgan fingerprint density at radius 1 is 0.757 bits per heavy atom. The van der Waals surface area contributed by atoms with Crippen molar-refractivity contribution in [1.29, 1.82) is 0 Å². The van der Waals surface area contributed by atoms with Gasteiger partial charge in [0.1, 0.15) is 12.3 Å². The van der Waals surface area contributed by atoms with Crippen LogP contribution in [0.25, 0.3) is 0 Å². The molecule has 1 unspecified atom stereocenters. The number of hydrogen-bond acceptors (Lipinski definition) is 3. The minimum absolute atomic E-state index is 0.0991. The molecule has 4 heteroatoms. The average molecular weight is 511 g/mol. The van der Waals surface area contributed by atoms with Crippen LogP contribution in [0.3, 0.4) is 0 Å². The van der Waals surface area contributed by atoms with E-state index in [1.165, 1.54) is 62.5 Å². The monoisotopic (exact) mass is 510 g/mol. The molecule has 0 fully saturated rings. The number of benzene rings is 2. The number of unbranched alkanes of at least 4 members (excludes halogenated alkanes) is 8. The van der Waals surface area contributed by atoms with Gasteiger partial charge >= 0.3 is 5.97 Å². The maximum Gasteiger partial charge on any atom is 0.364 e. The molecule has 0 spiro atoms. The maximum atomic E-state index is 12.8. The number of aryl methyl sites for hydroxylation is 1. The molecule has 0 saturated heterocycles. The lowest BCUT2D eigenvalue weighted by atomic mass is 10.0. The molecule has 2 rings (SSSR count). The van der Waals surface area contributed by atoms with E-state index in [0.29, 0.717) is 17.7 Å². The molecular weight excluding hydrogens is 458 g/mol. The zero-order chi connectivity index (χ0) is 26.8. The van der Waals surface area contributed by atoms with Gasteiger partial charge in [0.15, 0.2) is 6.04 Å². The third kappa shape index (κ3) is 12.6. The van der Waals surface area contributed by atoms with Gasteiger partial charge in [0.25, 0.3) is 0 Å². The van der Waals surface area contributed by atoms with Crippen LogP contribution in [0.5, 0.6) is 5.75 Å². The topological polar surface area (TPSA) is 35.5 Å². The van der Waals surface area contributed by atoms with Gasteiger partial charge < -0.3 is 14.0 Å². The van der Waals surface area contributed by atoms with Gasteiger partial charge in [-0.1, -0.05) is 101 Å². The van der Waals surface area contributed by atoms with Crippen molar-refractivity contribution >= 4 is 5.97 Å². The van der Waals surface area contributed by atoms with Crippen LogP contribution >= 0.6 is 0 Å². The fraction of sp³-hybridized carbons (Fsp3) is 0.606. The van der Waals surface area contributed by atoms with Crippen molar-refractivity contribution in [3.63, 3.8) is 0 Å². The van der Waals surface area contributed by atoms with Gasteiger partial charge in [0, 0.05) is 12.0 Å². The number of carbonyl (C=O) groups excluding carboxylic acids is 1. The van der Waals surface area contributed by atoms with Gasteiger partial charge in [-0.05, 0) is 43.4 Å². The molecule has 0 amide bonds. The molecule has 0 aliphatic heterocycles. The first kappa shape index (κ1) is 30.9. The number of likely N-dealkylation sites (N-methyl/N-ethyl adjacent to an activating group) is 1. The van der Waals surface area contributed by atoms with Gasteiger partial charge in [-0.3, -0.25) is 0 Å². The van der Waals surface area contributed by atoms with Crippen LogP contribution in [0.4, 0.5) is 0 Å². The van der Waals surface area contributed by atoms with E-state index in [4.69, 9.17) is 9.47 Å². The molecule has 2 aromatic carbocycles. The predicted molar refractivity (Wildman–Crippen MR) is 155 cm³/mol. The number of quaternary nitrogens is 1. The summed E-state index contributed by atoms with van der Waals surface area (Å²) in [5, 5.41) is 0. The summed E-state index contributed by atoms with van der Waals surface area (Å²) < 4.78 is 12.2. The van der Waals surface area contributed by atoms with E-state index in [-0.39, 0.29) is 12.0 Å². The number of nitrogens with zero attached hydrogens (tertiary/aromatic N) is 1. The van der Waals surface area contributed by atoms with Gasteiger partial charge in [0.2, 0.25) is 0 Å². The molecule has 37 heavy (non-hydrogen) atoms. The number of ether oxygens (including phenoxy) is 2. The van der Waals surface area contributed by atoms with E-state index in [1.54, 1.807) is 0 Å². The molecule has 0 heterocycles. The first-order valence-corrected chi connectivity index (χ1v) is 14.7. The first-order chi connectivity index (χ1) is 18.0. The summed E-state index contributed by atoms with van der Waals surface area (Å²) in [7, 11) is 4.22. The van der Waals surface area contributed by atoms with E-state index in [1.807, 2.05) is 24.3 Å². The van der Waals surface area contributed by atoms with Crippen molar-refractivity contribution in [2.24, 2.45) is 0 Å². The predicted octanol–water partition coefficient (Wildman–Crippen LogP) is 8.13. The van der Waals surface area contributed by atoms with E-state index in [9.17, 15) is 4.79 Å². The fourth-order valence-corrected chi connectivity index (χ4v) is 5.03. The Morgan fingerprint density at radius 2 is 1.41 bits per heavy atom. The lowest BCUT2D eigenvalue weighted by Crippen LogP contribution is -2.52. The first-order valence-electron chi connectivity index (χ1n) is 14.7. The van der Waals surface area contributed by atoms with Crippen LogP contribution in [-0.4, -0.2) is 43.8 Å². The van der Waals surface area contributed by atoms with Crippen LogP contribution in [0.1, 0.15) is 95.6 Å². The van der Waals surface area contributed by atoms with Crippen molar-refractivity contribution in [3.8, 4) is 5.75 Å². The Bertz CT molecular complexity index is 865. The van der Waals surface area contributed by atoms with Gasteiger partial charge in [-0.15, -0.1) is 0 Å². The fourth-order valence-electron chi connectivity index (χ4n) is 5.03. The van der Waals surface area contributed by atoms with E-state index in [2.05, 4.69) is 58.3 Å². The molecule has 4 nitrogen and oxygen atoms in total. The van der Waals surface area contributed by atoms with Crippen LogP contribution in [-0.2, 0) is 22.5 Å². The second kappa shape index (κ2) is 18.0. The molecule has 206 valence electrons. The highest BCUT2D eigenvalue weighted by Gasteiger charge is 2.34. The second-order valence-electron chi connectivity index (χ2n) is 10.9. The molecule has 0 N–H and O–H groups in total. The molecule has 0 saturated carbocycles. The van der Waals surface area contributed by atoms with Crippen molar-refractivity contribution in [2.75, 3.05) is 27.3 Å². The minimum atomic E-state index is -0.166. The van der Waals surface area contributed by atoms with Crippen LogP contribution < -0.4 is 4.74 Å². The summed E-state index contributed by atoms with van der Waals surface area (Å²) in [4.78, 5) is 12.8. The Kier molecular flexibility index (Phi) is 15.0. The summed E-state index contributed by atoms with van der Waals surface area (Å²) in [6.45, 7) is 6.23. The average Bonchev–Trinajstić information content (AvgIpc) is 2.88. The number of hydrogen-bond donors (Lipinski definition) is 0. The molecule has 0 aliphatic carbocycles. The Morgan fingerprint density at radius 3 is 2.11 bits per heavy atom. The largest absolute Gasteiger partial charge is 0.494 e. The lowest BCUT2D eigenvalue weighted by molar-refractivity contribution is -0.919. The Labute approximate surface area is 227 Å². The highest BCUT2D eigenvalue weighted by molar-refractivity contribution is 5.74. The summed E-state index contributed by atoms with van der Waals surface area (Å²) in [5.41, 5.74) is 2.59. The standard InChI is InChI=1S/C33H52NO3/c1-5-7-8-9-10-11-12-14-20-29-23-19-24-31(27-29)36-25-17-18-26-37-33(35)32(6-2)34(3,4)28-30-21-15-13-16-22-30/h13,15-16,19,21-24,27,32H,5-12,14,17-18,20,25-26,28H2,1-4H3/q+1. The maximum absolute atomic E-state index is 12.8. The minimum Gasteiger partial charge on any atom is -0.494 e. The molecular formula is C33H52NO3+. The van der Waals surface area contributed by atoms with Gasteiger partial charge in [-0.25, -0.2) is 4.79 Å². The molecule has 1 atom stereocenters. The quantitative estimate of drug-likeness (QED) is 0.102. The summed E-state index contributed by atoms with van der Waals surface area (Å²) in [5.74, 6) is 0.845. The molecule has 0 radical (unpaired) electrons. The summed E-state index contributed by atoms with van der Waals surface area (Å²) in [6.07, 6.45) is 14.3. The number of rotatable bonds is 20. The van der Waals surface area contributed by atoms with Gasteiger partial charge in [-0.2, -0.15) is 0 Å². The van der Waals surface area contributed by atoms with E-state index in [0.717, 1.165) is 38.0 Å². The van der Waals surface area contributed by atoms with Crippen LogP contribution in [0.15, 0.2) is 54.6 Å². The lowest BCUT2D eigenvalue weighted by Gasteiger charge is -2.36. The SMILES string of the molecule is CCCCCCCCCCc1cccc(OCCCCOC(=O)C(CC)[N+](C)(C)Cc2ccccc2)c1. The van der Waals surface area contributed by atoms with E-state index >= 15 is 0 Å².